The van der Waals surface area contributed by atoms with E-state index >= 15 is 0 Å². The fraction of sp³-hybridized carbons (Fsp3) is 0.714. The molecule has 0 bridgehead atoms. The van der Waals surface area contributed by atoms with Crippen molar-refractivity contribution >= 4 is 10.0 Å². The maximum absolute atomic E-state index is 12.9. The van der Waals surface area contributed by atoms with Crippen LogP contribution in [0.15, 0.2) is 9.31 Å². The minimum atomic E-state index is -3.47. The molecule has 114 valence electrons. The second-order valence-electron chi connectivity index (χ2n) is 6.31. The van der Waals surface area contributed by atoms with Gasteiger partial charge in [-0.25, -0.2) is 8.42 Å². The highest BCUT2D eigenvalue weighted by Crippen LogP contribution is 2.36. The highest BCUT2D eigenvalue weighted by Gasteiger charge is 2.39. The SMILES string of the molecule is CNCc1c(C)oc(C)c1S(=O)(=O)N1CCC(C)(C)C1. The molecule has 0 saturated carbocycles. The Morgan fingerprint density at radius 3 is 2.45 bits per heavy atom. The van der Waals surface area contributed by atoms with Gasteiger partial charge in [0, 0.05) is 25.2 Å². The lowest BCUT2D eigenvalue weighted by molar-refractivity contribution is 0.375. The van der Waals surface area contributed by atoms with E-state index in [-0.39, 0.29) is 5.41 Å². The van der Waals surface area contributed by atoms with Gasteiger partial charge in [-0.3, -0.25) is 0 Å². The number of nitrogens with one attached hydrogen (secondary N) is 1. The van der Waals surface area contributed by atoms with Crippen molar-refractivity contribution in [1.82, 2.24) is 9.62 Å². The Kier molecular flexibility index (Phi) is 4.01. The van der Waals surface area contributed by atoms with E-state index in [0.717, 1.165) is 12.0 Å². The van der Waals surface area contributed by atoms with Crippen molar-refractivity contribution in [3.8, 4) is 0 Å². The van der Waals surface area contributed by atoms with Gasteiger partial charge in [0.1, 0.15) is 16.4 Å². The Bertz CT molecular complexity index is 602. The third-order valence-electron chi connectivity index (χ3n) is 3.92. The fourth-order valence-corrected chi connectivity index (χ4v) is 4.87. The van der Waals surface area contributed by atoms with E-state index in [9.17, 15) is 8.42 Å². The van der Waals surface area contributed by atoms with Gasteiger partial charge in [-0.2, -0.15) is 4.31 Å². The summed E-state index contributed by atoms with van der Waals surface area (Å²) in [6.07, 6.45) is 0.892. The topological polar surface area (TPSA) is 62.6 Å². The van der Waals surface area contributed by atoms with Crippen molar-refractivity contribution in [3.05, 3.63) is 17.1 Å². The molecule has 2 rings (SSSR count). The molecule has 1 saturated heterocycles. The van der Waals surface area contributed by atoms with Crippen LogP contribution < -0.4 is 5.32 Å². The zero-order valence-corrected chi connectivity index (χ0v) is 13.7. The van der Waals surface area contributed by atoms with E-state index in [1.54, 1.807) is 18.3 Å². The first-order chi connectivity index (χ1) is 9.19. The first-order valence-electron chi connectivity index (χ1n) is 6.92. The van der Waals surface area contributed by atoms with Gasteiger partial charge in [-0.1, -0.05) is 13.8 Å². The summed E-state index contributed by atoms with van der Waals surface area (Å²) in [7, 11) is -1.67. The molecule has 1 aliphatic rings. The molecule has 5 nitrogen and oxygen atoms in total. The second-order valence-corrected chi connectivity index (χ2v) is 8.18. The van der Waals surface area contributed by atoms with Gasteiger partial charge in [0.05, 0.1) is 0 Å². The third-order valence-corrected chi connectivity index (χ3v) is 5.96. The van der Waals surface area contributed by atoms with E-state index in [0.29, 0.717) is 36.1 Å². The second kappa shape index (κ2) is 5.16. The molecule has 0 amide bonds. The Hall–Kier alpha value is -0.850. The molecule has 1 aromatic rings. The van der Waals surface area contributed by atoms with E-state index < -0.39 is 10.0 Å². The maximum atomic E-state index is 12.9. The van der Waals surface area contributed by atoms with E-state index in [2.05, 4.69) is 19.2 Å². The molecule has 0 unspecified atom stereocenters. The molecular weight excluding hydrogens is 276 g/mol. The average Bonchev–Trinajstić information content (AvgIpc) is 2.81. The predicted octanol–water partition coefficient (Wildman–Crippen LogP) is 2.04. The Labute approximate surface area is 121 Å². The molecule has 0 radical (unpaired) electrons. The van der Waals surface area contributed by atoms with E-state index in [4.69, 9.17) is 4.42 Å². The lowest BCUT2D eigenvalue weighted by Crippen LogP contribution is -2.31. The van der Waals surface area contributed by atoms with Crippen LogP contribution >= 0.6 is 0 Å². The molecule has 6 heteroatoms. The van der Waals surface area contributed by atoms with Gasteiger partial charge in [-0.15, -0.1) is 0 Å². The van der Waals surface area contributed by atoms with Crippen LogP contribution in [0, 0.1) is 19.3 Å². The van der Waals surface area contributed by atoms with Gasteiger partial charge < -0.3 is 9.73 Å². The zero-order valence-electron chi connectivity index (χ0n) is 12.9. The van der Waals surface area contributed by atoms with Gasteiger partial charge >= 0.3 is 0 Å². The minimum absolute atomic E-state index is 0.0446. The number of hydrogen-bond acceptors (Lipinski definition) is 4. The Morgan fingerprint density at radius 1 is 1.30 bits per heavy atom. The van der Waals surface area contributed by atoms with Crippen LogP contribution in [-0.2, 0) is 16.6 Å². The van der Waals surface area contributed by atoms with Crippen molar-refractivity contribution in [2.24, 2.45) is 5.41 Å². The highest BCUT2D eigenvalue weighted by atomic mass is 32.2. The van der Waals surface area contributed by atoms with Crippen molar-refractivity contribution in [2.45, 2.75) is 45.6 Å². The summed E-state index contributed by atoms with van der Waals surface area (Å²) in [4.78, 5) is 0.349. The summed E-state index contributed by atoms with van der Waals surface area (Å²) in [5.41, 5.74) is 0.790. The lowest BCUT2D eigenvalue weighted by atomic mass is 9.93. The molecule has 0 aromatic carbocycles. The van der Waals surface area contributed by atoms with Crippen LogP contribution in [-0.4, -0.2) is 32.9 Å². The maximum Gasteiger partial charge on any atom is 0.246 e. The highest BCUT2D eigenvalue weighted by molar-refractivity contribution is 7.89. The molecule has 1 N–H and O–H groups in total. The van der Waals surface area contributed by atoms with Gasteiger partial charge in [-0.05, 0) is 32.7 Å². The average molecular weight is 300 g/mol. The van der Waals surface area contributed by atoms with Gasteiger partial charge in [0.2, 0.25) is 10.0 Å². The van der Waals surface area contributed by atoms with Crippen LogP contribution in [0.1, 0.15) is 37.4 Å². The van der Waals surface area contributed by atoms with E-state index in [1.165, 1.54) is 0 Å². The molecule has 0 spiro atoms. The van der Waals surface area contributed by atoms with E-state index in [1.807, 2.05) is 6.92 Å². The predicted molar refractivity (Wildman–Crippen MR) is 78.1 cm³/mol. The molecule has 1 aliphatic heterocycles. The van der Waals surface area contributed by atoms with Gasteiger partial charge in [0.25, 0.3) is 0 Å². The summed E-state index contributed by atoms with van der Waals surface area (Å²) in [5.74, 6) is 1.16. The van der Waals surface area contributed by atoms with Crippen LogP contribution in [0.25, 0.3) is 0 Å². The Balaban J connectivity index is 2.45. The summed E-state index contributed by atoms with van der Waals surface area (Å²) >= 11 is 0. The number of hydrogen-bond donors (Lipinski definition) is 1. The first-order valence-corrected chi connectivity index (χ1v) is 8.37. The third kappa shape index (κ3) is 2.64. The molecular formula is C14H24N2O3S. The quantitative estimate of drug-likeness (QED) is 0.924. The number of sulfonamides is 1. The first kappa shape index (κ1) is 15.5. The number of nitrogens with zero attached hydrogens (tertiary/aromatic N) is 1. The molecule has 2 heterocycles. The van der Waals surface area contributed by atoms with Crippen LogP contribution in [0.2, 0.25) is 0 Å². The minimum Gasteiger partial charge on any atom is -0.465 e. The largest absolute Gasteiger partial charge is 0.465 e. The smallest absolute Gasteiger partial charge is 0.246 e. The standard InChI is InChI=1S/C14H24N2O3S/c1-10-12(8-15-5)13(11(2)19-10)20(17,18)16-7-6-14(3,4)9-16/h15H,6-9H2,1-5H3. The van der Waals surface area contributed by atoms with Crippen molar-refractivity contribution in [2.75, 3.05) is 20.1 Å². The zero-order chi connectivity index (χ0) is 15.1. The Morgan fingerprint density at radius 2 is 1.95 bits per heavy atom. The monoisotopic (exact) mass is 300 g/mol. The molecule has 0 aliphatic carbocycles. The van der Waals surface area contributed by atoms with Crippen LogP contribution in [0.5, 0.6) is 0 Å². The molecule has 0 atom stereocenters. The van der Waals surface area contributed by atoms with Gasteiger partial charge in [0.15, 0.2) is 0 Å². The lowest BCUT2D eigenvalue weighted by Gasteiger charge is -2.20. The molecule has 1 fully saturated rings. The summed E-state index contributed by atoms with van der Waals surface area (Å²) < 4.78 is 32.9. The summed E-state index contributed by atoms with van der Waals surface area (Å²) in [6, 6.07) is 0. The molecule has 20 heavy (non-hydrogen) atoms. The van der Waals surface area contributed by atoms with Crippen LogP contribution in [0.3, 0.4) is 0 Å². The fourth-order valence-electron chi connectivity index (χ4n) is 2.83. The van der Waals surface area contributed by atoms with Crippen molar-refractivity contribution in [3.63, 3.8) is 0 Å². The van der Waals surface area contributed by atoms with Crippen molar-refractivity contribution in [1.29, 1.82) is 0 Å². The molecule has 1 aromatic heterocycles. The van der Waals surface area contributed by atoms with Crippen LogP contribution in [0.4, 0.5) is 0 Å². The summed E-state index contributed by atoms with van der Waals surface area (Å²) in [5, 5.41) is 3.01. The number of aryl methyl sites for hydroxylation is 2. The van der Waals surface area contributed by atoms with Crippen molar-refractivity contribution < 1.29 is 12.8 Å². The normalized spacial score (nSPS) is 19.6. The summed E-state index contributed by atoms with van der Waals surface area (Å²) in [6.45, 7) is 9.38. The number of rotatable bonds is 4. The number of furan rings is 1.